The van der Waals surface area contributed by atoms with Crippen LogP contribution in [0.5, 0.6) is 11.5 Å². The van der Waals surface area contributed by atoms with Gasteiger partial charge in [-0.1, -0.05) is 37.6 Å². The highest BCUT2D eigenvalue weighted by Crippen LogP contribution is 2.38. The van der Waals surface area contributed by atoms with Gasteiger partial charge in [0, 0.05) is 0 Å². The fourth-order valence-corrected chi connectivity index (χ4v) is 3.43. The number of benzene rings is 2. The van der Waals surface area contributed by atoms with Crippen molar-refractivity contribution in [1.29, 1.82) is 0 Å². The van der Waals surface area contributed by atoms with E-state index in [1.807, 2.05) is 19.1 Å². The third-order valence-electron chi connectivity index (χ3n) is 3.92. The molecular weight excluding hydrogens is 458 g/mol. The van der Waals surface area contributed by atoms with Gasteiger partial charge in [-0.3, -0.25) is 0 Å². The topological polar surface area (TPSA) is 57.1 Å². The van der Waals surface area contributed by atoms with Gasteiger partial charge < -0.3 is 14.2 Å². The van der Waals surface area contributed by atoms with Crippen LogP contribution in [0.1, 0.15) is 31.9 Å². The van der Waals surface area contributed by atoms with Gasteiger partial charge in [0.2, 0.25) is 5.90 Å². The maximum atomic E-state index is 12.3. The molecule has 1 aliphatic heterocycles. The van der Waals surface area contributed by atoms with Crippen LogP contribution in [0.2, 0.25) is 5.02 Å². The molecule has 2 aromatic rings. The first-order valence-electron chi connectivity index (χ1n) is 9.25. The lowest BCUT2D eigenvalue weighted by Gasteiger charge is -2.16. The van der Waals surface area contributed by atoms with E-state index < -0.39 is 5.97 Å². The van der Waals surface area contributed by atoms with Crippen molar-refractivity contribution in [3.05, 3.63) is 62.7 Å². The fourth-order valence-electron chi connectivity index (χ4n) is 2.64. The molecule has 2 aromatic carbocycles. The molecular formula is C22H21BrClNO4. The van der Waals surface area contributed by atoms with Gasteiger partial charge in [-0.2, -0.15) is 0 Å². The van der Waals surface area contributed by atoms with Crippen LogP contribution in [-0.2, 0) is 9.53 Å². The van der Waals surface area contributed by atoms with Crippen molar-refractivity contribution >= 4 is 45.5 Å². The predicted octanol–water partition coefficient (Wildman–Crippen LogP) is 5.88. The number of hydrogen-bond acceptors (Lipinski definition) is 5. The average molecular weight is 479 g/mol. The summed E-state index contributed by atoms with van der Waals surface area (Å²) in [5, 5.41) is 0.466. The van der Waals surface area contributed by atoms with E-state index in [-0.39, 0.29) is 11.6 Å². The van der Waals surface area contributed by atoms with Gasteiger partial charge in [0.15, 0.2) is 17.2 Å². The number of halogens is 2. The van der Waals surface area contributed by atoms with Crippen molar-refractivity contribution in [2.75, 3.05) is 13.2 Å². The molecule has 0 aliphatic carbocycles. The number of esters is 1. The summed E-state index contributed by atoms with van der Waals surface area (Å²) in [7, 11) is 0. The molecule has 0 bridgehead atoms. The molecule has 152 valence electrons. The quantitative estimate of drug-likeness (QED) is 0.368. The predicted molar refractivity (Wildman–Crippen MR) is 118 cm³/mol. The van der Waals surface area contributed by atoms with Crippen LogP contribution in [0.4, 0.5) is 0 Å². The van der Waals surface area contributed by atoms with Crippen molar-refractivity contribution < 1.29 is 19.0 Å². The zero-order chi connectivity index (χ0) is 21.0. The Morgan fingerprint density at radius 1 is 1.24 bits per heavy atom. The Kier molecular flexibility index (Phi) is 6.98. The SMILES string of the molecule is CCOc1cc(/C=C2\N=C(c3ccccc3Cl)OC2=O)cc(Br)c1OCC(C)C. The molecule has 1 heterocycles. The van der Waals surface area contributed by atoms with Crippen LogP contribution in [0.15, 0.2) is 51.6 Å². The zero-order valence-corrected chi connectivity index (χ0v) is 18.7. The van der Waals surface area contributed by atoms with E-state index in [0.717, 1.165) is 10.0 Å². The highest BCUT2D eigenvalue weighted by molar-refractivity contribution is 9.10. The van der Waals surface area contributed by atoms with Gasteiger partial charge in [0.05, 0.1) is 28.3 Å². The maximum absolute atomic E-state index is 12.3. The molecule has 0 amide bonds. The van der Waals surface area contributed by atoms with Gasteiger partial charge >= 0.3 is 5.97 Å². The smallest absolute Gasteiger partial charge is 0.363 e. The van der Waals surface area contributed by atoms with Crippen molar-refractivity contribution in [3.8, 4) is 11.5 Å². The van der Waals surface area contributed by atoms with Gasteiger partial charge in [0.25, 0.3) is 0 Å². The van der Waals surface area contributed by atoms with Crippen LogP contribution < -0.4 is 9.47 Å². The number of cyclic esters (lactones) is 1. The van der Waals surface area contributed by atoms with E-state index in [9.17, 15) is 4.79 Å². The summed E-state index contributed by atoms with van der Waals surface area (Å²) in [6.45, 7) is 7.11. The number of carbonyl (C=O) groups excluding carboxylic acids is 1. The highest BCUT2D eigenvalue weighted by atomic mass is 79.9. The van der Waals surface area contributed by atoms with E-state index in [1.54, 1.807) is 30.3 Å². The first-order valence-corrected chi connectivity index (χ1v) is 10.4. The molecule has 0 saturated heterocycles. The summed E-state index contributed by atoms with van der Waals surface area (Å²) in [5.74, 6) is 1.26. The summed E-state index contributed by atoms with van der Waals surface area (Å²) < 4.78 is 17.7. The molecule has 0 N–H and O–H groups in total. The average Bonchev–Trinajstić information content (AvgIpc) is 3.01. The van der Waals surface area contributed by atoms with Gasteiger partial charge in [0.1, 0.15) is 0 Å². The molecule has 7 heteroatoms. The lowest BCUT2D eigenvalue weighted by atomic mass is 10.1. The Balaban J connectivity index is 1.95. The van der Waals surface area contributed by atoms with Gasteiger partial charge in [-0.25, -0.2) is 9.79 Å². The standard InChI is InChI=1S/C22H21BrClNO4/c1-4-27-19-11-14(9-16(23)20(19)28-12-13(2)3)10-18-22(26)29-21(25-18)15-7-5-6-8-17(15)24/h5-11,13H,4,12H2,1-3H3/b18-10-. The summed E-state index contributed by atoms with van der Waals surface area (Å²) in [5.41, 5.74) is 1.48. The number of nitrogens with zero attached hydrogens (tertiary/aromatic N) is 1. The lowest BCUT2D eigenvalue weighted by Crippen LogP contribution is -2.07. The van der Waals surface area contributed by atoms with E-state index in [2.05, 4.69) is 34.8 Å². The van der Waals surface area contributed by atoms with E-state index >= 15 is 0 Å². The molecule has 0 fully saturated rings. The molecule has 0 spiro atoms. The number of aliphatic imine (C=N–C) groups is 1. The molecule has 0 atom stereocenters. The summed E-state index contributed by atoms with van der Waals surface area (Å²) in [4.78, 5) is 16.6. The largest absolute Gasteiger partial charge is 0.490 e. The second-order valence-corrected chi connectivity index (χ2v) is 8.05. The van der Waals surface area contributed by atoms with Crippen LogP contribution in [-0.4, -0.2) is 25.1 Å². The van der Waals surface area contributed by atoms with Crippen LogP contribution in [0.3, 0.4) is 0 Å². The Morgan fingerprint density at radius 3 is 2.69 bits per heavy atom. The monoisotopic (exact) mass is 477 g/mol. The highest BCUT2D eigenvalue weighted by Gasteiger charge is 2.25. The van der Waals surface area contributed by atoms with Crippen molar-refractivity contribution in [2.24, 2.45) is 10.9 Å². The Hall–Kier alpha value is -2.31. The third kappa shape index (κ3) is 5.19. The fraction of sp³-hybridized carbons (Fsp3) is 0.273. The Labute approximate surface area is 183 Å². The first-order chi connectivity index (χ1) is 13.9. The minimum absolute atomic E-state index is 0.185. The molecule has 1 aliphatic rings. The Bertz CT molecular complexity index is 985. The third-order valence-corrected chi connectivity index (χ3v) is 4.84. The molecule has 5 nitrogen and oxygen atoms in total. The van der Waals surface area contributed by atoms with Crippen LogP contribution in [0.25, 0.3) is 6.08 Å². The normalized spacial score (nSPS) is 14.9. The molecule has 0 aromatic heterocycles. The summed E-state index contributed by atoms with van der Waals surface area (Å²) in [6, 6.07) is 10.7. The van der Waals surface area contributed by atoms with Crippen LogP contribution >= 0.6 is 27.5 Å². The molecule has 0 saturated carbocycles. The molecule has 0 radical (unpaired) electrons. The Morgan fingerprint density at radius 2 is 2.00 bits per heavy atom. The summed E-state index contributed by atoms with van der Waals surface area (Å²) >= 11 is 9.71. The minimum atomic E-state index is -0.533. The lowest BCUT2D eigenvalue weighted by molar-refractivity contribution is -0.129. The summed E-state index contributed by atoms with van der Waals surface area (Å²) in [6.07, 6.45) is 1.64. The van der Waals surface area contributed by atoms with Crippen molar-refractivity contribution in [2.45, 2.75) is 20.8 Å². The van der Waals surface area contributed by atoms with E-state index in [1.165, 1.54) is 0 Å². The molecule has 0 unspecified atom stereocenters. The van der Waals surface area contributed by atoms with Crippen molar-refractivity contribution in [3.63, 3.8) is 0 Å². The van der Waals surface area contributed by atoms with E-state index in [0.29, 0.717) is 41.2 Å². The number of rotatable bonds is 7. The molecule has 29 heavy (non-hydrogen) atoms. The van der Waals surface area contributed by atoms with Gasteiger partial charge in [-0.15, -0.1) is 0 Å². The second-order valence-electron chi connectivity index (χ2n) is 6.78. The number of carbonyl (C=O) groups is 1. The van der Waals surface area contributed by atoms with Crippen molar-refractivity contribution in [1.82, 2.24) is 0 Å². The maximum Gasteiger partial charge on any atom is 0.363 e. The van der Waals surface area contributed by atoms with E-state index in [4.69, 9.17) is 25.8 Å². The second kappa shape index (κ2) is 9.46. The number of hydrogen-bond donors (Lipinski definition) is 0. The zero-order valence-electron chi connectivity index (χ0n) is 16.4. The first kappa shape index (κ1) is 21.4. The van der Waals surface area contributed by atoms with Gasteiger partial charge in [-0.05, 0) is 64.7 Å². The number of ether oxygens (including phenoxy) is 3. The molecule has 3 rings (SSSR count). The minimum Gasteiger partial charge on any atom is -0.490 e. The van der Waals surface area contributed by atoms with Crippen LogP contribution in [0, 0.1) is 5.92 Å².